The molecule has 2 aromatic rings. The van der Waals surface area contributed by atoms with Crippen LogP contribution in [0.1, 0.15) is 34.6 Å². The quantitative estimate of drug-likeness (QED) is 0.844. The highest BCUT2D eigenvalue weighted by Gasteiger charge is 2.43. The Morgan fingerprint density at radius 3 is 2.85 bits per heavy atom. The van der Waals surface area contributed by atoms with Crippen LogP contribution in [-0.4, -0.2) is 50.8 Å². The van der Waals surface area contributed by atoms with E-state index in [-0.39, 0.29) is 17.9 Å². The summed E-state index contributed by atoms with van der Waals surface area (Å²) >= 11 is 5.96. The third kappa shape index (κ3) is 3.32. The molecule has 1 amide bonds. The maximum atomic E-state index is 14.3. The fourth-order valence-corrected chi connectivity index (χ4v) is 4.00. The minimum absolute atomic E-state index is 0.0341. The minimum Gasteiger partial charge on any atom is -0.391 e. The second-order valence-electron chi connectivity index (χ2n) is 7.03. The van der Waals surface area contributed by atoms with Crippen LogP contribution in [0, 0.1) is 5.82 Å². The Balaban J connectivity index is 1.75. The molecule has 0 bridgehead atoms. The standard InChI is InChI=1S/C18H17ClF3N3O2/c19-10-4-5-13(20)15(6-10)25-14-3-1-2-12(14)16(23-25)17(27)24-8-11(26)7-18(21,22)9-24/h4-6,11,26H,1-3,7-9H2. The molecule has 27 heavy (non-hydrogen) atoms. The molecular formula is C18H17ClF3N3O2. The van der Waals surface area contributed by atoms with Crippen molar-refractivity contribution in [3.8, 4) is 5.69 Å². The van der Waals surface area contributed by atoms with Gasteiger partial charge in [-0.1, -0.05) is 11.6 Å². The van der Waals surface area contributed by atoms with Crippen molar-refractivity contribution in [3.05, 3.63) is 46.0 Å². The first-order valence-corrected chi connectivity index (χ1v) is 9.04. The van der Waals surface area contributed by atoms with E-state index in [2.05, 4.69) is 5.10 Å². The van der Waals surface area contributed by atoms with Crippen LogP contribution in [0.25, 0.3) is 5.69 Å². The largest absolute Gasteiger partial charge is 0.391 e. The molecule has 1 saturated heterocycles. The van der Waals surface area contributed by atoms with Gasteiger partial charge in [0.2, 0.25) is 0 Å². The number of aromatic nitrogens is 2. The molecule has 0 saturated carbocycles. The van der Waals surface area contributed by atoms with E-state index >= 15 is 0 Å². The normalized spacial score (nSPS) is 21.4. The van der Waals surface area contributed by atoms with Crippen molar-refractivity contribution in [1.29, 1.82) is 0 Å². The molecule has 0 radical (unpaired) electrons. The summed E-state index contributed by atoms with van der Waals surface area (Å²) in [5, 5.41) is 14.3. The van der Waals surface area contributed by atoms with Crippen LogP contribution in [0.15, 0.2) is 18.2 Å². The summed E-state index contributed by atoms with van der Waals surface area (Å²) in [7, 11) is 0. The van der Waals surface area contributed by atoms with E-state index in [4.69, 9.17) is 11.6 Å². The van der Waals surface area contributed by atoms with Gasteiger partial charge in [-0.25, -0.2) is 17.9 Å². The van der Waals surface area contributed by atoms with Crippen molar-refractivity contribution >= 4 is 17.5 Å². The van der Waals surface area contributed by atoms with Crippen LogP contribution in [0.4, 0.5) is 13.2 Å². The molecule has 2 aliphatic rings. The summed E-state index contributed by atoms with van der Waals surface area (Å²) in [6, 6.07) is 4.03. The Bertz CT molecular complexity index is 915. The highest BCUT2D eigenvalue weighted by Crippen LogP contribution is 2.32. The van der Waals surface area contributed by atoms with Gasteiger partial charge in [-0.3, -0.25) is 4.79 Å². The number of rotatable bonds is 2. The fourth-order valence-electron chi connectivity index (χ4n) is 3.83. The fraction of sp³-hybridized carbons (Fsp3) is 0.444. The number of piperidine rings is 1. The topological polar surface area (TPSA) is 58.4 Å². The first-order valence-electron chi connectivity index (χ1n) is 8.66. The molecular weight excluding hydrogens is 383 g/mol. The first-order chi connectivity index (χ1) is 12.7. The van der Waals surface area contributed by atoms with Gasteiger partial charge in [-0.2, -0.15) is 5.10 Å². The lowest BCUT2D eigenvalue weighted by Gasteiger charge is -2.35. The van der Waals surface area contributed by atoms with Crippen LogP contribution in [0.2, 0.25) is 5.02 Å². The van der Waals surface area contributed by atoms with Crippen molar-refractivity contribution in [2.45, 2.75) is 37.7 Å². The number of hydrogen-bond acceptors (Lipinski definition) is 3. The van der Waals surface area contributed by atoms with Crippen LogP contribution in [0.3, 0.4) is 0 Å². The Morgan fingerprint density at radius 1 is 1.33 bits per heavy atom. The number of likely N-dealkylation sites (tertiary alicyclic amines) is 1. The molecule has 1 aromatic heterocycles. The number of nitrogens with zero attached hydrogens (tertiary/aromatic N) is 3. The van der Waals surface area contributed by atoms with Crippen molar-refractivity contribution in [2.75, 3.05) is 13.1 Å². The number of halogens is 4. The van der Waals surface area contributed by atoms with Crippen LogP contribution >= 0.6 is 11.6 Å². The van der Waals surface area contributed by atoms with Crippen molar-refractivity contribution in [1.82, 2.24) is 14.7 Å². The number of carbonyl (C=O) groups excluding carboxylic acids is 1. The van der Waals surface area contributed by atoms with Crippen LogP contribution < -0.4 is 0 Å². The zero-order valence-corrected chi connectivity index (χ0v) is 15.0. The van der Waals surface area contributed by atoms with Gasteiger partial charge in [-0.15, -0.1) is 0 Å². The van der Waals surface area contributed by atoms with Crippen LogP contribution in [-0.2, 0) is 12.8 Å². The van der Waals surface area contributed by atoms with Crippen molar-refractivity contribution < 1.29 is 23.1 Å². The Hall–Kier alpha value is -2.06. The minimum atomic E-state index is -3.15. The SMILES string of the molecule is O=C(c1nn(-c2cc(Cl)ccc2F)c2c1CCC2)N1CC(O)CC(F)(F)C1. The number of hydrogen-bond donors (Lipinski definition) is 1. The summed E-state index contributed by atoms with van der Waals surface area (Å²) in [5.74, 6) is -4.37. The van der Waals surface area contributed by atoms with Gasteiger partial charge in [0.05, 0.1) is 12.6 Å². The number of benzene rings is 1. The van der Waals surface area contributed by atoms with E-state index in [1.807, 2.05) is 0 Å². The van der Waals surface area contributed by atoms with E-state index < -0.39 is 36.7 Å². The van der Waals surface area contributed by atoms with Gasteiger partial charge in [-0.05, 0) is 37.5 Å². The van der Waals surface area contributed by atoms with E-state index in [0.29, 0.717) is 29.1 Å². The van der Waals surface area contributed by atoms with Crippen molar-refractivity contribution in [2.24, 2.45) is 0 Å². The molecule has 1 fully saturated rings. The molecule has 1 aliphatic carbocycles. The predicted molar refractivity (Wildman–Crippen MR) is 92.0 cm³/mol. The summed E-state index contributed by atoms with van der Waals surface area (Å²) in [5.41, 5.74) is 1.47. The highest BCUT2D eigenvalue weighted by atomic mass is 35.5. The Labute approximate surface area is 158 Å². The lowest BCUT2D eigenvalue weighted by molar-refractivity contribution is -0.0973. The number of carbonyl (C=O) groups is 1. The maximum absolute atomic E-state index is 14.3. The zero-order chi connectivity index (χ0) is 19.3. The first kappa shape index (κ1) is 18.3. The summed E-state index contributed by atoms with van der Waals surface area (Å²) in [6.45, 7) is -0.947. The molecule has 2 heterocycles. The second-order valence-corrected chi connectivity index (χ2v) is 7.47. The van der Waals surface area contributed by atoms with E-state index in [1.165, 1.54) is 22.9 Å². The number of β-amino-alcohol motifs (C(OH)–C–C–N with tert-alkyl or cyclic N) is 1. The smallest absolute Gasteiger partial charge is 0.274 e. The van der Waals surface area contributed by atoms with E-state index in [0.717, 1.165) is 11.3 Å². The molecule has 144 valence electrons. The summed E-state index contributed by atoms with van der Waals surface area (Å²) in [4.78, 5) is 13.8. The molecule has 1 N–H and O–H groups in total. The Kier molecular flexibility index (Phi) is 4.43. The molecule has 0 spiro atoms. The van der Waals surface area contributed by atoms with Gasteiger partial charge >= 0.3 is 0 Å². The van der Waals surface area contributed by atoms with E-state index in [1.54, 1.807) is 0 Å². The maximum Gasteiger partial charge on any atom is 0.274 e. The van der Waals surface area contributed by atoms with Gasteiger partial charge in [0.25, 0.3) is 11.8 Å². The number of aliphatic hydroxyl groups is 1. The molecule has 1 aliphatic heterocycles. The third-order valence-electron chi connectivity index (χ3n) is 4.94. The van der Waals surface area contributed by atoms with Gasteiger partial charge in [0.1, 0.15) is 11.5 Å². The molecule has 9 heteroatoms. The Morgan fingerprint density at radius 2 is 2.11 bits per heavy atom. The second kappa shape index (κ2) is 6.53. The van der Waals surface area contributed by atoms with Crippen molar-refractivity contribution in [3.63, 3.8) is 0 Å². The van der Waals surface area contributed by atoms with Gasteiger partial charge < -0.3 is 10.0 Å². The third-order valence-corrected chi connectivity index (χ3v) is 5.18. The lowest BCUT2D eigenvalue weighted by Crippen LogP contribution is -2.51. The summed E-state index contributed by atoms with van der Waals surface area (Å²) in [6.07, 6.45) is -0.0461. The predicted octanol–water partition coefficient (Wildman–Crippen LogP) is 3.00. The molecule has 1 atom stereocenters. The van der Waals surface area contributed by atoms with Gasteiger partial charge in [0.15, 0.2) is 5.69 Å². The molecule has 1 unspecified atom stereocenters. The monoisotopic (exact) mass is 399 g/mol. The molecule has 5 nitrogen and oxygen atoms in total. The number of aliphatic hydroxyl groups excluding tert-OH is 1. The average Bonchev–Trinajstić information content (AvgIpc) is 3.17. The zero-order valence-electron chi connectivity index (χ0n) is 14.3. The number of alkyl halides is 2. The number of amides is 1. The molecule has 1 aromatic carbocycles. The highest BCUT2D eigenvalue weighted by molar-refractivity contribution is 6.30. The van der Waals surface area contributed by atoms with Crippen LogP contribution in [0.5, 0.6) is 0 Å². The van der Waals surface area contributed by atoms with Gasteiger partial charge in [0, 0.05) is 29.2 Å². The van der Waals surface area contributed by atoms with E-state index in [9.17, 15) is 23.1 Å². The lowest BCUT2D eigenvalue weighted by atomic mass is 10.0. The number of fused-ring (bicyclic) bond motifs is 1. The average molecular weight is 400 g/mol. The molecule has 4 rings (SSSR count). The summed E-state index contributed by atoms with van der Waals surface area (Å²) < 4.78 is 43.2.